The van der Waals surface area contributed by atoms with Gasteiger partial charge in [0, 0.05) is 6.04 Å². The van der Waals surface area contributed by atoms with Gasteiger partial charge in [0.05, 0.1) is 18.4 Å². The van der Waals surface area contributed by atoms with Crippen LogP contribution in [0.3, 0.4) is 0 Å². The van der Waals surface area contributed by atoms with Gasteiger partial charge in [-0.2, -0.15) is 0 Å². The van der Waals surface area contributed by atoms with E-state index in [1.165, 1.54) is 5.01 Å². The number of nitroso groups, excluding NO2 is 1. The van der Waals surface area contributed by atoms with Crippen molar-refractivity contribution in [3.63, 3.8) is 0 Å². The van der Waals surface area contributed by atoms with E-state index in [0.717, 1.165) is 5.56 Å². The molecule has 0 heterocycles. The van der Waals surface area contributed by atoms with Crippen LogP contribution in [0, 0.1) is 4.91 Å². The maximum atomic E-state index is 10.5. The number of benzene rings is 1. The van der Waals surface area contributed by atoms with E-state index < -0.39 is 6.10 Å². The summed E-state index contributed by atoms with van der Waals surface area (Å²) in [6.45, 7) is 3.84. The van der Waals surface area contributed by atoms with Gasteiger partial charge in [0.15, 0.2) is 0 Å². The molecule has 1 atom stereocenters. The van der Waals surface area contributed by atoms with Crippen LogP contribution in [-0.2, 0) is 6.61 Å². The predicted molar refractivity (Wildman–Crippen MR) is 71.5 cm³/mol. The van der Waals surface area contributed by atoms with Gasteiger partial charge in [0.1, 0.15) is 18.5 Å². The maximum Gasteiger partial charge on any atom is 0.119 e. The van der Waals surface area contributed by atoms with Gasteiger partial charge in [-0.15, -0.1) is 4.91 Å². The molecule has 1 rings (SSSR count). The highest BCUT2D eigenvalue weighted by atomic mass is 16.5. The van der Waals surface area contributed by atoms with Crippen molar-refractivity contribution in [3.05, 3.63) is 34.7 Å². The van der Waals surface area contributed by atoms with Crippen LogP contribution in [0.4, 0.5) is 0 Å². The molecule has 0 radical (unpaired) electrons. The van der Waals surface area contributed by atoms with Gasteiger partial charge in [-0.05, 0) is 31.5 Å². The van der Waals surface area contributed by atoms with Gasteiger partial charge in [-0.3, -0.25) is 5.01 Å². The number of nitrogens with zero attached hydrogens (tertiary/aromatic N) is 2. The maximum absolute atomic E-state index is 10.5. The molecule has 106 valence electrons. The molecular weight excluding hydrogens is 248 g/mol. The van der Waals surface area contributed by atoms with Crippen molar-refractivity contribution in [2.24, 2.45) is 5.29 Å². The number of hydrogen-bond donors (Lipinski definition) is 2. The SMILES string of the molecule is CC(C)N(CC(O)COc1ccc(CO)cc1)N=O. The Bertz CT molecular complexity index is 381. The molecule has 0 aliphatic heterocycles. The average molecular weight is 268 g/mol. The lowest BCUT2D eigenvalue weighted by Gasteiger charge is -2.22. The van der Waals surface area contributed by atoms with Crippen LogP contribution in [0.1, 0.15) is 19.4 Å². The van der Waals surface area contributed by atoms with Gasteiger partial charge in [0.2, 0.25) is 0 Å². The highest BCUT2D eigenvalue weighted by Crippen LogP contribution is 2.12. The summed E-state index contributed by atoms with van der Waals surface area (Å²) in [5.41, 5.74) is 0.795. The lowest BCUT2D eigenvalue weighted by molar-refractivity contribution is 0.0579. The van der Waals surface area contributed by atoms with Crippen LogP contribution >= 0.6 is 0 Å². The Hall–Kier alpha value is -1.66. The molecule has 2 N–H and O–H groups in total. The largest absolute Gasteiger partial charge is 0.491 e. The molecule has 1 aromatic carbocycles. The monoisotopic (exact) mass is 268 g/mol. The zero-order valence-electron chi connectivity index (χ0n) is 11.2. The number of aliphatic hydroxyl groups is 2. The molecule has 0 amide bonds. The highest BCUT2D eigenvalue weighted by molar-refractivity contribution is 5.26. The zero-order valence-corrected chi connectivity index (χ0v) is 11.2. The topological polar surface area (TPSA) is 82.4 Å². The highest BCUT2D eigenvalue weighted by Gasteiger charge is 2.14. The van der Waals surface area contributed by atoms with E-state index >= 15 is 0 Å². The lowest BCUT2D eigenvalue weighted by Crippen LogP contribution is -2.36. The van der Waals surface area contributed by atoms with Gasteiger partial charge in [0.25, 0.3) is 0 Å². The summed E-state index contributed by atoms with van der Waals surface area (Å²) in [4.78, 5) is 10.5. The van der Waals surface area contributed by atoms with Crippen LogP contribution in [0.25, 0.3) is 0 Å². The summed E-state index contributed by atoms with van der Waals surface area (Å²) in [5.74, 6) is 0.603. The van der Waals surface area contributed by atoms with Crippen molar-refractivity contribution in [1.29, 1.82) is 0 Å². The second-order valence-electron chi connectivity index (χ2n) is 4.56. The quantitative estimate of drug-likeness (QED) is 0.548. The second-order valence-corrected chi connectivity index (χ2v) is 4.56. The molecule has 0 spiro atoms. The van der Waals surface area contributed by atoms with Crippen LogP contribution in [0.5, 0.6) is 5.75 Å². The van der Waals surface area contributed by atoms with Crippen LogP contribution in [-0.4, -0.2) is 40.5 Å². The van der Waals surface area contributed by atoms with E-state index in [2.05, 4.69) is 5.29 Å². The molecule has 6 heteroatoms. The normalized spacial score (nSPS) is 12.3. The summed E-state index contributed by atoms with van der Waals surface area (Å²) in [6.07, 6.45) is -0.794. The Morgan fingerprint density at radius 3 is 2.42 bits per heavy atom. The first kappa shape index (κ1) is 15.4. The summed E-state index contributed by atoms with van der Waals surface area (Å²) < 4.78 is 5.39. The molecule has 19 heavy (non-hydrogen) atoms. The molecule has 0 aliphatic carbocycles. The lowest BCUT2D eigenvalue weighted by atomic mass is 10.2. The van der Waals surface area contributed by atoms with E-state index in [1.54, 1.807) is 24.3 Å². The van der Waals surface area contributed by atoms with Crippen molar-refractivity contribution < 1.29 is 14.9 Å². The molecule has 0 aromatic heterocycles. The minimum absolute atomic E-state index is 0.0166. The van der Waals surface area contributed by atoms with Crippen LogP contribution in [0.15, 0.2) is 29.6 Å². The summed E-state index contributed by atoms with van der Waals surface area (Å²) >= 11 is 0. The third kappa shape index (κ3) is 5.23. The first-order chi connectivity index (χ1) is 9.06. The molecule has 1 unspecified atom stereocenters. The Morgan fingerprint density at radius 1 is 1.32 bits per heavy atom. The van der Waals surface area contributed by atoms with E-state index in [0.29, 0.717) is 5.75 Å². The molecule has 0 saturated carbocycles. The molecule has 6 nitrogen and oxygen atoms in total. The molecule has 0 saturated heterocycles. The zero-order chi connectivity index (χ0) is 14.3. The average Bonchev–Trinajstić information content (AvgIpc) is 2.42. The fourth-order valence-corrected chi connectivity index (χ4v) is 1.49. The van der Waals surface area contributed by atoms with E-state index in [9.17, 15) is 10.0 Å². The van der Waals surface area contributed by atoms with E-state index in [1.807, 2.05) is 13.8 Å². The second kappa shape index (κ2) is 7.70. The molecule has 1 aromatic rings. The Labute approximate surface area is 112 Å². The number of aliphatic hydroxyl groups excluding tert-OH is 2. The fraction of sp³-hybridized carbons (Fsp3) is 0.538. The van der Waals surface area contributed by atoms with Crippen molar-refractivity contribution in [2.45, 2.75) is 32.6 Å². The Kier molecular flexibility index (Phi) is 6.24. The van der Waals surface area contributed by atoms with Crippen molar-refractivity contribution in [1.82, 2.24) is 5.01 Å². The molecule has 0 aliphatic rings. The first-order valence-electron chi connectivity index (χ1n) is 6.17. The van der Waals surface area contributed by atoms with Crippen LogP contribution in [0.2, 0.25) is 0 Å². The van der Waals surface area contributed by atoms with Crippen molar-refractivity contribution in [3.8, 4) is 5.75 Å². The number of rotatable bonds is 8. The Morgan fingerprint density at radius 2 is 1.95 bits per heavy atom. The molecular formula is C13H20N2O4. The minimum atomic E-state index is -0.794. The third-order valence-electron chi connectivity index (χ3n) is 2.65. The predicted octanol–water partition coefficient (Wildman–Crippen LogP) is 1.31. The number of hydrogen-bond acceptors (Lipinski definition) is 5. The summed E-state index contributed by atoms with van der Waals surface area (Å²) in [6, 6.07) is 6.87. The molecule has 0 bridgehead atoms. The van der Waals surface area contributed by atoms with Gasteiger partial charge in [-0.25, -0.2) is 0 Å². The Balaban J connectivity index is 2.40. The van der Waals surface area contributed by atoms with Gasteiger partial charge < -0.3 is 14.9 Å². The van der Waals surface area contributed by atoms with Gasteiger partial charge >= 0.3 is 0 Å². The molecule has 0 fully saturated rings. The summed E-state index contributed by atoms with van der Waals surface area (Å²) in [7, 11) is 0. The smallest absolute Gasteiger partial charge is 0.119 e. The minimum Gasteiger partial charge on any atom is -0.491 e. The standard InChI is InChI=1S/C13H20N2O4/c1-10(2)15(14-18)7-12(17)9-19-13-5-3-11(8-16)4-6-13/h3-6,10,12,16-17H,7-9H2,1-2H3. The van der Waals surface area contributed by atoms with Crippen LogP contribution < -0.4 is 4.74 Å². The van der Waals surface area contributed by atoms with E-state index in [-0.39, 0.29) is 25.8 Å². The fourth-order valence-electron chi connectivity index (χ4n) is 1.49. The first-order valence-corrected chi connectivity index (χ1v) is 6.17. The van der Waals surface area contributed by atoms with Crippen molar-refractivity contribution >= 4 is 0 Å². The van der Waals surface area contributed by atoms with Crippen molar-refractivity contribution in [2.75, 3.05) is 13.2 Å². The number of ether oxygens (including phenoxy) is 1. The third-order valence-corrected chi connectivity index (χ3v) is 2.65. The summed E-state index contributed by atoms with van der Waals surface area (Å²) in [5, 5.41) is 22.8. The van der Waals surface area contributed by atoms with E-state index in [4.69, 9.17) is 9.84 Å². The van der Waals surface area contributed by atoms with Gasteiger partial charge in [-0.1, -0.05) is 12.1 Å².